The standard InChI is InChI=1S/C26H20ClNO6/c1-3-15-8-10-16(11-9-15)22(29)14-34-26(32)19-12-20(27)21(13-23(19)33-2)28-24(30)17-6-4-5-7-18(17)25(28)31/h4-13H,3,14H2,1-2H3. The Morgan fingerprint density at radius 1 is 0.941 bits per heavy atom. The summed E-state index contributed by atoms with van der Waals surface area (Å²) in [5.41, 5.74) is 2.07. The van der Waals surface area contributed by atoms with E-state index in [1.165, 1.54) is 19.2 Å². The second kappa shape index (κ2) is 9.49. The number of Topliss-reactive ketones (excluding diaryl/α,β-unsaturated/α-hetero) is 1. The lowest BCUT2D eigenvalue weighted by Crippen LogP contribution is -2.29. The fourth-order valence-corrected chi connectivity index (χ4v) is 3.92. The first kappa shape index (κ1) is 23.2. The maximum atomic E-state index is 12.8. The van der Waals surface area contributed by atoms with Gasteiger partial charge in [-0.1, -0.05) is 54.9 Å². The highest BCUT2D eigenvalue weighted by atomic mass is 35.5. The first-order chi connectivity index (χ1) is 16.3. The van der Waals surface area contributed by atoms with Crippen molar-refractivity contribution in [2.45, 2.75) is 13.3 Å². The first-order valence-electron chi connectivity index (χ1n) is 10.5. The van der Waals surface area contributed by atoms with Crippen LogP contribution in [0, 0.1) is 0 Å². The number of fused-ring (bicyclic) bond motifs is 1. The highest BCUT2D eigenvalue weighted by molar-refractivity contribution is 6.40. The van der Waals surface area contributed by atoms with E-state index in [0.29, 0.717) is 5.56 Å². The normalized spacial score (nSPS) is 12.5. The molecule has 2 amide bonds. The summed E-state index contributed by atoms with van der Waals surface area (Å²) in [4.78, 5) is 51.6. The van der Waals surface area contributed by atoms with Crippen molar-refractivity contribution in [1.82, 2.24) is 0 Å². The molecular formula is C26H20ClNO6. The summed E-state index contributed by atoms with van der Waals surface area (Å²) in [6.45, 7) is 1.54. The van der Waals surface area contributed by atoms with Gasteiger partial charge in [0.25, 0.3) is 11.8 Å². The van der Waals surface area contributed by atoms with E-state index >= 15 is 0 Å². The number of rotatable bonds is 7. The summed E-state index contributed by atoms with van der Waals surface area (Å²) in [6, 6.07) is 16.1. The number of ether oxygens (including phenoxy) is 2. The van der Waals surface area contributed by atoms with Crippen molar-refractivity contribution in [2.75, 3.05) is 18.6 Å². The molecular weight excluding hydrogens is 458 g/mol. The van der Waals surface area contributed by atoms with Gasteiger partial charge in [-0.05, 0) is 30.2 Å². The smallest absolute Gasteiger partial charge is 0.342 e. The summed E-state index contributed by atoms with van der Waals surface area (Å²) in [6.07, 6.45) is 0.848. The van der Waals surface area contributed by atoms with Crippen LogP contribution in [-0.2, 0) is 11.2 Å². The summed E-state index contributed by atoms with van der Waals surface area (Å²) < 4.78 is 10.5. The molecule has 1 heterocycles. The molecule has 1 aliphatic rings. The summed E-state index contributed by atoms with van der Waals surface area (Å²) in [5, 5.41) is -0.0243. The van der Waals surface area contributed by atoms with Gasteiger partial charge in [0.1, 0.15) is 11.3 Å². The van der Waals surface area contributed by atoms with E-state index in [-0.39, 0.29) is 38.9 Å². The Hall–Kier alpha value is -3.97. The van der Waals surface area contributed by atoms with Gasteiger partial charge >= 0.3 is 5.97 Å². The third kappa shape index (κ3) is 4.18. The third-order valence-corrected chi connectivity index (χ3v) is 5.85. The number of amides is 2. The largest absolute Gasteiger partial charge is 0.496 e. The number of ketones is 1. The van der Waals surface area contributed by atoms with Gasteiger partial charge in [0.15, 0.2) is 12.4 Å². The van der Waals surface area contributed by atoms with Crippen LogP contribution in [0.15, 0.2) is 60.7 Å². The minimum Gasteiger partial charge on any atom is -0.496 e. The molecule has 0 spiro atoms. The van der Waals surface area contributed by atoms with E-state index in [1.54, 1.807) is 36.4 Å². The fraction of sp³-hybridized carbons (Fsp3) is 0.154. The lowest BCUT2D eigenvalue weighted by atomic mass is 10.1. The van der Waals surface area contributed by atoms with E-state index in [1.807, 2.05) is 19.1 Å². The van der Waals surface area contributed by atoms with Gasteiger partial charge in [-0.2, -0.15) is 0 Å². The number of methoxy groups -OCH3 is 1. The van der Waals surface area contributed by atoms with Gasteiger partial charge in [-0.25, -0.2) is 9.69 Å². The Kier molecular flexibility index (Phi) is 6.47. The maximum Gasteiger partial charge on any atom is 0.342 e. The molecule has 0 radical (unpaired) electrons. The van der Waals surface area contributed by atoms with Crippen LogP contribution in [0.25, 0.3) is 0 Å². The van der Waals surface area contributed by atoms with Crippen LogP contribution in [0.3, 0.4) is 0 Å². The number of hydrogen-bond donors (Lipinski definition) is 0. The second-order valence-corrected chi connectivity index (χ2v) is 7.95. The molecule has 0 aliphatic carbocycles. The predicted octanol–water partition coefficient (Wildman–Crippen LogP) is 4.75. The summed E-state index contributed by atoms with van der Waals surface area (Å²) in [5.74, 6) is -2.20. The molecule has 3 aromatic rings. The molecule has 0 saturated heterocycles. The fourth-order valence-electron chi connectivity index (χ4n) is 3.67. The van der Waals surface area contributed by atoms with Crippen molar-refractivity contribution >= 4 is 40.9 Å². The Morgan fingerprint density at radius 2 is 1.56 bits per heavy atom. The van der Waals surface area contributed by atoms with Crippen LogP contribution in [0.2, 0.25) is 5.02 Å². The van der Waals surface area contributed by atoms with Crippen molar-refractivity contribution in [1.29, 1.82) is 0 Å². The van der Waals surface area contributed by atoms with Crippen LogP contribution in [0.5, 0.6) is 5.75 Å². The number of esters is 1. The lowest BCUT2D eigenvalue weighted by Gasteiger charge is -2.18. The molecule has 0 atom stereocenters. The van der Waals surface area contributed by atoms with Crippen molar-refractivity contribution < 1.29 is 28.7 Å². The summed E-state index contributed by atoms with van der Waals surface area (Å²) in [7, 11) is 1.33. The average Bonchev–Trinajstić information content (AvgIpc) is 3.12. The van der Waals surface area contributed by atoms with Gasteiger partial charge in [0.2, 0.25) is 0 Å². The molecule has 172 valence electrons. The molecule has 1 aliphatic heterocycles. The Morgan fingerprint density at radius 3 is 2.12 bits per heavy atom. The van der Waals surface area contributed by atoms with E-state index in [2.05, 4.69) is 0 Å². The van der Waals surface area contributed by atoms with Crippen LogP contribution in [0.1, 0.15) is 53.9 Å². The van der Waals surface area contributed by atoms with E-state index in [9.17, 15) is 19.2 Å². The summed E-state index contributed by atoms with van der Waals surface area (Å²) >= 11 is 6.37. The number of aryl methyl sites for hydroxylation is 1. The van der Waals surface area contributed by atoms with E-state index < -0.39 is 24.4 Å². The molecule has 3 aromatic carbocycles. The van der Waals surface area contributed by atoms with Gasteiger partial charge in [0, 0.05) is 11.6 Å². The zero-order chi connectivity index (χ0) is 24.4. The Balaban J connectivity index is 1.55. The number of carbonyl (C=O) groups is 4. The number of anilines is 1. The number of carbonyl (C=O) groups excluding carboxylic acids is 4. The number of nitrogens with zero attached hydrogens (tertiary/aromatic N) is 1. The predicted molar refractivity (Wildman–Crippen MR) is 126 cm³/mol. The van der Waals surface area contributed by atoms with Crippen molar-refractivity contribution in [3.63, 3.8) is 0 Å². The van der Waals surface area contributed by atoms with E-state index in [0.717, 1.165) is 16.9 Å². The Labute approximate surface area is 200 Å². The Bertz CT molecular complexity index is 1280. The zero-order valence-corrected chi connectivity index (χ0v) is 19.2. The van der Waals surface area contributed by atoms with Crippen LogP contribution in [-0.4, -0.2) is 37.3 Å². The third-order valence-electron chi connectivity index (χ3n) is 5.54. The number of imide groups is 1. The van der Waals surface area contributed by atoms with Crippen molar-refractivity contribution in [2.24, 2.45) is 0 Å². The topological polar surface area (TPSA) is 90.0 Å². The SMILES string of the molecule is CCc1ccc(C(=O)COC(=O)c2cc(Cl)c(N3C(=O)c4ccccc4C3=O)cc2OC)cc1. The van der Waals surface area contributed by atoms with Gasteiger partial charge in [-0.3, -0.25) is 14.4 Å². The number of halogens is 1. The highest BCUT2D eigenvalue weighted by Crippen LogP contribution is 2.38. The molecule has 0 unspecified atom stereocenters. The van der Waals surface area contributed by atoms with Crippen LogP contribution in [0.4, 0.5) is 5.69 Å². The lowest BCUT2D eigenvalue weighted by molar-refractivity contribution is 0.0471. The van der Waals surface area contributed by atoms with Crippen molar-refractivity contribution in [3.05, 3.63) is 93.5 Å². The molecule has 4 rings (SSSR count). The monoisotopic (exact) mass is 477 g/mol. The van der Waals surface area contributed by atoms with Crippen LogP contribution < -0.4 is 9.64 Å². The van der Waals surface area contributed by atoms with Crippen molar-refractivity contribution in [3.8, 4) is 5.75 Å². The molecule has 0 saturated carbocycles. The van der Waals surface area contributed by atoms with Gasteiger partial charge in [-0.15, -0.1) is 0 Å². The highest BCUT2D eigenvalue weighted by Gasteiger charge is 2.38. The molecule has 7 nitrogen and oxygen atoms in total. The minimum atomic E-state index is -0.828. The van der Waals surface area contributed by atoms with E-state index in [4.69, 9.17) is 21.1 Å². The molecule has 8 heteroatoms. The quantitative estimate of drug-likeness (QED) is 0.277. The van der Waals surface area contributed by atoms with Gasteiger partial charge < -0.3 is 9.47 Å². The molecule has 0 aromatic heterocycles. The molecule has 0 N–H and O–H groups in total. The molecule has 0 bridgehead atoms. The zero-order valence-electron chi connectivity index (χ0n) is 18.5. The number of benzene rings is 3. The minimum absolute atomic E-state index is 0.0243. The average molecular weight is 478 g/mol. The second-order valence-electron chi connectivity index (χ2n) is 7.54. The van der Waals surface area contributed by atoms with Gasteiger partial charge in [0.05, 0.1) is 28.9 Å². The maximum absolute atomic E-state index is 12.8. The molecule has 34 heavy (non-hydrogen) atoms. The molecule has 0 fully saturated rings. The van der Waals surface area contributed by atoms with Crippen LogP contribution >= 0.6 is 11.6 Å². The number of hydrogen-bond acceptors (Lipinski definition) is 6. The first-order valence-corrected chi connectivity index (χ1v) is 10.9.